The first kappa shape index (κ1) is 47.1. The van der Waals surface area contributed by atoms with Crippen LogP contribution >= 0.6 is 11.3 Å². The first-order valence-electron chi connectivity index (χ1n) is 23.1. The number of ether oxygens (including phenoxy) is 2. The molecule has 3 fully saturated rings. The Morgan fingerprint density at radius 2 is 1.88 bits per heavy atom. The fourth-order valence-corrected chi connectivity index (χ4v) is 10.6. The van der Waals surface area contributed by atoms with Crippen LogP contribution in [-0.4, -0.2) is 148 Å². The maximum atomic E-state index is 14.6. The Balaban J connectivity index is 1.12. The average Bonchev–Trinajstić information content (AvgIpc) is 4.00. The number of nitrogens with zero attached hydrogens (tertiary/aromatic N) is 7. The molecule has 66 heavy (non-hydrogen) atoms. The summed E-state index contributed by atoms with van der Waals surface area (Å²) in [7, 11) is 5.34. The maximum absolute atomic E-state index is 14.6. The number of hydrogen-bond donors (Lipinski definition) is 3. The van der Waals surface area contributed by atoms with Crippen molar-refractivity contribution in [1.82, 2.24) is 50.3 Å². The number of urea groups is 1. The highest BCUT2D eigenvalue weighted by atomic mass is 32.1. The summed E-state index contributed by atoms with van der Waals surface area (Å²) in [6.45, 7) is 14.0. The van der Waals surface area contributed by atoms with E-state index in [4.69, 9.17) is 19.4 Å². The van der Waals surface area contributed by atoms with Crippen LogP contribution in [0.1, 0.15) is 76.8 Å². The summed E-state index contributed by atoms with van der Waals surface area (Å²) in [6, 6.07) is 6.86. The van der Waals surface area contributed by atoms with Gasteiger partial charge in [0.2, 0.25) is 11.8 Å². The van der Waals surface area contributed by atoms with E-state index in [1.165, 1.54) is 21.2 Å². The van der Waals surface area contributed by atoms with Crippen molar-refractivity contribution in [1.29, 1.82) is 0 Å². The minimum absolute atomic E-state index is 0.0449. The number of rotatable bonds is 8. The molecular formula is C48H64N10O7S. The molecule has 0 radical (unpaired) electrons. The second kappa shape index (κ2) is 19.1. The van der Waals surface area contributed by atoms with Crippen molar-refractivity contribution < 1.29 is 33.4 Å². The molecule has 5 amide bonds. The number of likely N-dealkylation sites (N-methyl/N-ethyl adjacent to an activating group) is 1. The summed E-state index contributed by atoms with van der Waals surface area (Å²) in [5, 5.41) is 11.2. The predicted octanol–water partition coefficient (Wildman–Crippen LogP) is 4.30. The van der Waals surface area contributed by atoms with E-state index in [1.54, 1.807) is 25.3 Å². The Bertz CT molecular complexity index is 2500. The third-order valence-electron chi connectivity index (χ3n) is 13.5. The van der Waals surface area contributed by atoms with E-state index in [1.807, 2.05) is 50.1 Å². The normalized spacial score (nSPS) is 23.3. The Morgan fingerprint density at radius 1 is 1.11 bits per heavy atom. The van der Waals surface area contributed by atoms with Gasteiger partial charge in [-0.05, 0) is 68.9 Å². The average molecular weight is 925 g/mol. The van der Waals surface area contributed by atoms with Gasteiger partial charge in [0.25, 0.3) is 5.91 Å². The molecule has 4 aliphatic rings. The molecule has 6 atom stereocenters. The van der Waals surface area contributed by atoms with Crippen LogP contribution in [0.2, 0.25) is 0 Å². The summed E-state index contributed by atoms with van der Waals surface area (Å²) in [5.74, 6) is -1.63. The van der Waals surface area contributed by atoms with Crippen LogP contribution in [0.3, 0.4) is 0 Å². The first-order chi connectivity index (χ1) is 31.5. The number of amides is 5. The van der Waals surface area contributed by atoms with E-state index in [2.05, 4.69) is 59.7 Å². The van der Waals surface area contributed by atoms with Crippen LogP contribution in [-0.2, 0) is 48.5 Å². The number of fused-ring (bicyclic) bond motifs is 6. The molecule has 0 saturated carbocycles. The second-order valence-corrected chi connectivity index (χ2v) is 20.4. The van der Waals surface area contributed by atoms with Gasteiger partial charge in [-0.15, -0.1) is 11.3 Å². The van der Waals surface area contributed by atoms with Gasteiger partial charge in [0, 0.05) is 105 Å². The summed E-state index contributed by atoms with van der Waals surface area (Å²) in [6.07, 6.45) is 3.18. The van der Waals surface area contributed by atoms with Gasteiger partial charge in [0.15, 0.2) is 0 Å². The van der Waals surface area contributed by atoms with Gasteiger partial charge in [0.1, 0.15) is 18.1 Å². The maximum Gasteiger partial charge on any atom is 0.324 e. The Hall–Kier alpha value is -5.43. The molecule has 8 rings (SSSR count). The molecule has 1 aromatic carbocycles. The standard InChI is InChI=1S/C48H64N10O7S/c1-27(2)41(55(8)47(63)56-18-19-57(28(3)24-56)44(60)36-23-50-36)43(59)52-35-21-39-51-37(25-66-39)30-14-15-38-32(20-30)33(42(54(38)7)31-12-10-16-49-40(31)29(4)64-9)22-48(5,6)26-65-46(62)34-13-11-17-58(53-34)45(35)61/h10,12,14-16,20,25,27-29,34-36,41,50,53H,11,13,17-19,21-24,26H2,1-9H3,(H,52,59)/t28-,29+,34+,35+,36-,41+/m1/s1. The van der Waals surface area contributed by atoms with E-state index in [0.717, 1.165) is 44.7 Å². The molecule has 3 aromatic heterocycles. The van der Waals surface area contributed by atoms with Gasteiger partial charge in [-0.3, -0.25) is 29.2 Å². The SMILES string of the molecule is CO[C@@H](C)c1ncccc1-c1c2c3cc(ccc3n1C)-c1csc(n1)C[C@H](NC(=O)[C@H](C(C)C)N(C)C(=O)N1CCN(C(=O)[C@H]3CN3)[C@H](C)C1)C(=O)N1CCC[C@H](N1)C(=O)OCC(C)(C)C2. The highest BCUT2D eigenvalue weighted by molar-refractivity contribution is 7.10. The molecule has 4 aromatic rings. The number of carbonyl (C=O) groups excluding carboxylic acids is 5. The van der Waals surface area contributed by atoms with Crippen LogP contribution < -0.4 is 16.1 Å². The number of esters is 1. The molecule has 4 aliphatic heterocycles. The molecule has 6 bridgehead atoms. The van der Waals surface area contributed by atoms with Gasteiger partial charge in [0.05, 0.1) is 40.8 Å². The lowest BCUT2D eigenvalue weighted by molar-refractivity contribution is -0.155. The number of pyridine rings is 1. The smallest absolute Gasteiger partial charge is 0.324 e. The van der Waals surface area contributed by atoms with Crippen LogP contribution in [0.5, 0.6) is 0 Å². The van der Waals surface area contributed by atoms with Crippen molar-refractivity contribution in [3.8, 4) is 22.5 Å². The van der Waals surface area contributed by atoms with Crippen molar-refractivity contribution in [3.05, 3.63) is 58.2 Å². The van der Waals surface area contributed by atoms with Gasteiger partial charge < -0.3 is 39.4 Å². The first-order valence-corrected chi connectivity index (χ1v) is 24.0. The van der Waals surface area contributed by atoms with Crippen molar-refractivity contribution in [2.75, 3.05) is 53.5 Å². The van der Waals surface area contributed by atoms with Crippen molar-refractivity contribution in [2.45, 2.75) is 104 Å². The largest absolute Gasteiger partial charge is 0.464 e. The zero-order valence-electron chi connectivity index (χ0n) is 39.6. The predicted molar refractivity (Wildman–Crippen MR) is 251 cm³/mol. The van der Waals surface area contributed by atoms with E-state index in [-0.39, 0.29) is 49.1 Å². The van der Waals surface area contributed by atoms with Gasteiger partial charge >= 0.3 is 12.0 Å². The van der Waals surface area contributed by atoms with E-state index in [9.17, 15) is 24.0 Å². The van der Waals surface area contributed by atoms with Gasteiger partial charge in [-0.2, -0.15) is 0 Å². The third kappa shape index (κ3) is 9.55. The highest BCUT2D eigenvalue weighted by Crippen LogP contribution is 2.41. The summed E-state index contributed by atoms with van der Waals surface area (Å²) in [4.78, 5) is 84.7. The molecule has 18 heteroatoms. The van der Waals surface area contributed by atoms with Crippen molar-refractivity contribution in [3.63, 3.8) is 0 Å². The number of methoxy groups -OCH3 is 1. The van der Waals surface area contributed by atoms with E-state index < -0.39 is 41.3 Å². The molecule has 7 heterocycles. The fourth-order valence-electron chi connectivity index (χ4n) is 9.78. The molecule has 0 unspecified atom stereocenters. The number of thiazole rings is 1. The van der Waals surface area contributed by atoms with E-state index >= 15 is 0 Å². The molecule has 3 saturated heterocycles. The number of hydrogen-bond acceptors (Lipinski definition) is 12. The topological polar surface area (TPSA) is 193 Å². The second-order valence-electron chi connectivity index (χ2n) is 19.5. The number of aryl methyl sites for hydroxylation is 1. The molecule has 3 N–H and O–H groups in total. The molecular weight excluding hydrogens is 861 g/mol. The van der Waals surface area contributed by atoms with Crippen molar-refractivity contribution in [2.24, 2.45) is 18.4 Å². The van der Waals surface area contributed by atoms with E-state index in [0.29, 0.717) is 57.0 Å². The Labute approximate surface area is 390 Å². The number of aromatic nitrogens is 3. The van der Waals surface area contributed by atoms with Crippen molar-refractivity contribution >= 4 is 52.0 Å². The van der Waals surface area contributed by atoms with Gasteiger partial charge in [-0.25, -0.2) is 15.2 Å². The van der Waals surface area contributed by atoms with Crippen LogP contribution in [0.25, 0.3) is 33.4 Å². The molecule has 17 nitrogen and oxygen atoms in total. The lowest BCUT2D eigenvalue weighted by atomic mass is 9.84. The zero-order chi connectivity index (χ0) is 47.2. The minimum atomic E-state index is -1.08. The van der Waals surface area contributed by atoms with Gasteiger partial charge in [-0.1, -0.05) is 33.8 Å². The lowest BCUT2D eigenvalue weighted by Crippen LogP contribution is -2.63. The number of carbonyl (C=O) groups is 5. The highest BCUT2D eigenvalue weighted by Gasteiger charge is 2.41. The molecule has 0 spiro atoms. The molecule has 0 aliphatic carbocycles. The Kier molecular flexibility index (Phi) is 13.6. The van der Waals surface area contributed by atoms with Crippen LogP contribution in [0.4, 0.5) is 4.79 Å². The van der Waals surface area contributed by atoms with Crippen LogP contribution in [0, 0.1) is 11.3 Å². The number of nitrogens with one attached hydrogen (secondary N) is 3. The number of piperazine rings is 1. The fraction of sp³-hybridized carbons (Fsp3) is 0.562. The molecule has 354 valence electrons. The number of cyclic esters (lactones) is 1. The Morgan fingerprint density at radius 3 is 2.59 bits per heavy atom. The lowest BCUT2D eigenvalue weighted by Gasteiger charge is -2.42. The number of hydrazine groups is 1. The van der Waals surface area contributed by atoms with Crippen LogP contribution in [0.15, 0.2) is 41.9 Å². The number of benzene rings is 1. The zero-order valence-corrected chi connectivity index (χ0v) is 40.4. The minimum Gasteiger partial charge on any atom is -0.464 e. The third-order valence-corrected chi connectivity index (χ3v) is 14.4. The summed E-state index contributed by atoms with van der Waals surface area (Å²) >= 11 is 1.41. The summed E-state index contributed by atoms with van der Waals surface area (Å²) < 4.78 is 14.1. The quantitative estimate of drug-likeness (QED) is 0.169. The monoisotopic (exact) mass is 924 g/mol. The summed E-state index contributed by atoms with van der Waals surface area (Å²) in [5.41, 5.74) is 9.15.